The predicted octanol–water partition coefficient (Wildman–Crippen LogP) is 1.68. The van der Waals surface area contributed by atoms with Gasteiger partial charge < -0.3 is 19.3 Å². The molecule has 1 aromatic carbocycles. The summed E-state index contributed by atoms with van der Waals surface area (Å²) in [6.07, 6.45) is 6.90. The van der Waals surface area contributed by atoms with Crippen molar-refractivity contribution in [2.24, 2.45) is 0 Å². The molecule has 1 atom stereocenters. The van der Waals surface area contributed by atoms with Crippen LogP contribution in [0.25, 0.3) is 0 Å². The molecule has 126 valence electrons. The van der Waals surface area contributed by atoms with Gasteiger partial charge in [0.25, 0.3) is 0 Å². The molecule has 5 heteroatoms. The van der Waals surface area contributed by atoms with E-state index in [1.165, 1.54) is 0 Å². The molecule has 0 saturated heterocycles. The van der Waals surface area contributed by atoms with E-state index in [1.54, 1.807) is 14.2 Å². The monoisotopic (exact) mass is 319 g/mol. The quantitative estimate of drug-likeness (QED) is 0.525. The predicted molar refractivity (Wildman–Crippen MR) is 88.6 cm³/mol. The fraction of sp³-hybridized carbons (Fsp3) is 0.556. The molecule has 0 amide bonds. The van der Waals surface area contributed by atoms with Crippen molar-refractivity contribution in [3.63, 3.8) is 0 Å². The minimum atomic E-state index is -0.555. The van der Waals surface area contributed by atoms with Gasteiger partial charge in [-0.3, -0.25) is 4.90 Å². The van der Waals surface area contributed by atoms with Crippen LogP contribution in [0.15, 0.2) is 18.2 Å². The van der Waals surface area contributed by atoms with E-state index >= 15 is 0 Å². The lowest BCUT2D eigenvalue weighted by Crippen LogP contribution is -2.36. The molecule has 0 spiro atoms. The molecular weight excluding hydrogens is 294 g/mol. The van der Waals surface area contributed by atoms with Crippen molar-refractivity contribution in [2.75, 3.05) is 34.0 Å². The third kappa shape index (κ3) is 5.14. The summed E-state index contributed by atoms with van der Waals surface area (Å²) < 4.78 is 16.1. The molecule has 0 aromatic heterocycles. The van der Waals surface area contributed by atoms with Crippen molar-refractivity contribution in [2.45, 2.75) is 31.5 Å². The van der Waals surface area contributed by atoms with Crippen LogP contribution in [-0.4, -0.2) is 56.1 Å². The maximum Gasteiger partial charge on any atom is 0.165 e. The van der Waals surface area contributed by atoms with Crippen LogP contribution in [0.1, 0.15) is 18.4 Å². The third-order valence-corrected chi connectivity index (χ3v) is 3.86. The van der Waals surface area contributed by atoms with E-state index in [0.717, 1.165) is 29.9 Å². The van der Waals surface area contributed by atoms with Gasteiger partial charge in [-0.2, -0.15) is 0 Å². The summed E-state index contributed by atoms with van der Waals surface area (Å²) in [5.74, 6) is 3.87. The van der Waals surface area contributed by atoms with Gasteiger partial charge >= 0.3 is 0 Å². The molecule has 2 rings (SSSR count). The molecule has 1 aliphatic rings. The van der Waals surface area contributed by atoms with E-state index in [1.807, 2.05) is 18.2 Å². The highest BCUT2D eigenvalue weighted by molar-refractivity contribution is 5.46. The molecule has 1 aliphatic carbocycles. The number of hydrogen-bond donors (Lipinski definition) is 1. The number of hydrogen-bond acceptors (Lipinski definition) is 5. The van der Waals surface area contributed by atoms with Gasteiger partial charge in [0.1, 0.15) is 6.61 Å². The van der Waals surface area contributed by atoms with Crippen LogP contribution in [-0.2, 0) is 11.3 Å². The molecule has 1 fully saturated rings. The highest BCUT2D eigenvalue weighted by Crippen LogP contribution is 2.34. The van der Waals surface area contributed by atoms with Crippen molar-refractivity contribution in [3.05, 3.63) is 23.8 Å². The first-order valence-electron chi connectivity index (χ1n) is 7.82. The van der Waals surface area contributed by atoms with Crippen LogP contribution in [0.2, 0.25) is 0 Å². The van der Waals surface area contributed by atoms with Crippen LogP contribution in [0, 0.1) is 12.3 Å². The van der Waals surface area contributed by atoms with Crippen LogP contribution < -0.4 is 9.47 Å². The zero-order valence-electron chi connectivity index (χ0n) is 13.8. The molecule has 1 aromatic rings. The highest BCUT2D eigenvalue weighted by Gasteiger charge is 2.31. The number of ether oxygens (including phenoxy) is 3. The van der Waals surface area contributed by atoms with Gasteiger partial charge in [0.15, 0.2) is 11.5 Å². The number of aliphatic hydroxyl groups is 1. The minimum absolute atomic E-state index is 0.226. The van der Waals surface area contributed by atoms with Gasteiger partial charge in [-0.15, -0.1) is 6.42 Å². The lowest BCUT2D eigenvalue weighted by atomic mass is 10.1. The Morgan fingerprint density at radius 1 is 1.35 bits per heavy atom. The summed E-state index contributed by atoms with van der Waals surface area (Å²) in [6, 6.07) is 6.37. The SMILES string of the molecule is C#CCOC[C@@H](O)CN(Cc1cccc(OC)c1OC)C1CC1. The van der Waals surface area contributed by atoms with Crippen molar-refractivity contribution in [1.29, 1.82) is 0 Å². The van der Waals surface area contributed by atoms with Crippen LogP contribution in [0.5, 0.6) is 11.5 Å². The molecule has 1 N–H and O–H groups in total. The second kappa shape index (κ2) is 8.78. The Kier molecular flexibility index (Phi) is 6.72. The molecule has 0 radical (unpaired) electrons. The zero-order chi connectivity index (χ0) is 16.7. The van der Waals surface area contributed by atoms with Crippen LogP contribution in [0.3, 0.4) is 0 Å². The van der Waals surface area contributed by atoms with Crippen molar-refractivity contribution < 1.29 is 19.3 Å². The molecular formula is C18H25NO4. The number of rotatable bonds is 10. The first kappa shape index (κ1) is 17.6. The maximum atomic E-state index is 10.1. The largest absolute Gasteiger partial charge is 0.493 e. The molecule has 1 saturated carbocycles. The Labute approximate surface area is 138 Å². The molecule has 0 bridgehead atoms. The Morgan fingerprint density at radius 3 is 2.74 bits per heavy atom. The number of methoxy groups -OCH3 is 2. The number of terminal acetylenes is 1. The number of benzene rings is 1. The van der Waals surface area contributed by atoms with E-state index < -0.39 is 6.10 Å². The van der Waals surface area contributed by atoms with Crippen molar-refractivity contribution >= 4 is 0 Å². The molecule has 0 heterocycles. The second-order valence-electron chi connectivity index (χ2n) is 5.69. The first-order chi connectivity index (χ1) is 11.2. The van der Waals surface area contributed by atoms with Crippen molar-refractivity contribution in [1.82, 2.24) is 4.90 Å². The lowest BCUT2D eigenvalue weighted by molar-refractivity contribution is 0.0241. The Balaban J connectivity index is 2.01. The molecule has 0 aliphatic heterocycles. The molecule has 23 heavy (non-hydrogen) atoms. The second-order valence-corrected chi connectivity index (χ2v) is 5.69. The Bertz CT molecular complexity index is 536. The van der Waals surface area contributed by atoms with Crippen molar-refractivity contribution in [3.8, 4) is 23.8 Å². The number of nitrogens with zero attached hydrogens (tertiary/aromatic N) is 1. The highest BCUT2D eigenvalue weighted by atomic mass is 16.5. The average Bonchev–Trinajstić information content (AvgIpc) is 3.39. The fourth-order valence-corrected chi connectivity index (χ4v) is 2.66. The third-order valence-electron chi connectivity index (χ3n) is 3.86. The van der Waals surface area contributed by atoms with E-state index in [9.17, 15) is 5.11 Å². The Hall–Kier alpha value is -1.74. The van der Waals surface area contributed by atoms with E-state index in [2.05, 4.69) is 10.8 Å². The molecule has 0 unspecified atom stereocenters. The summed E-state index contributed by atoms with van der Waals surface area (Å²) in [4.78, 5) is 2.27. The topological polar surface area (TPSA) is 51.2 Å². The van der Waals surface area contributed by atoms with Gasteiger partial charge in [0.05, 0.1) is 26.9 Å². The standard InChI is InChI=1S/C18H25NO4/c1-4-10-23-13-16(20)12-19(15-8-9-15)11-14-6-5-7-17(21-2)18(14)22-3/h1,5-7,15-16,20H,8-13H2,2-3H3/t16-/m0/s1. The number of para-hydroxylation sites is 1. The van der Waals surface area contributed by atoms with Gasteiger partial charge in [0, 0.05) is 24.7 Å². The number of aliphatic hydroxyl groups excluding tert-OH is 1. The summed E-state index contributed by atoms with van der Waals surface area (Å²) in [6.45, 7) is 1.74. The summed E-state index contributed by atoms with van der Waals surface area (Å²) in [5, 5.41) is 10.1. The summed E-state index contributed by atoms with van der Waals surface area (Å²) in [7, 11) is 3.28. The van der Waals surface area contributed by atoms with E-state index in [-0.39, 0.29) is 13.2 Å². The van der Waals surface area contributed by atoms with Gasteiger partial charge in [-0.1, -0.05) is 18.1 Å². The van der Waals surface area contributed by atoms with Gasteiger partial charge in [-0.05, 0) is 18.9 Å². The first-order valence-corrected chi connectivity index (χ1v) is 7.82. The van der Waals surface area contributed by atoms with Gasteiger partial charge in [0.2, 0.25) is 0 Å². The normalized spacial score (nSPS) is 15.3. The fourth-order valence-electron chi connectivity index (χ4n) is 2.66. The molecule has 5 nitrogen and oxygen atoms in total. The average molecular weight is 319 g/mol. The zero-order valence-corrected chi connectivity index (χ0v) is 13.8. The van der Waals surface area contributed by atoms with Gasteiger partial charge in [-0.25, -0.2) is 0 Å². The maximum absolute atomic E-state index is 10.1. The summed E-state index contributed by atoms with van der Waals surface area (Å²) in [5.41, 5.74) is 1.05. The van der Waals surface area contributed by atoms with E-state index in [0.29, 0.717) is 19.1 Å². The lowest BCUT2D eigenvalue weighted by Gasteiger charge is -2.26. The van der Waals surface area contributed by atoms with Crippen LogP contribution in [0.4, 0.5) is 0 Å². The summed E-state index contributed by atoms with van der Waals surface area (Å²) >= 11 is 0. The van der Waals surface area contributed by atoms with E-state index in [4.69, 9.17) is 20.6 Å². The minimum Gasteiger partial charge on any atom is -0.493 e. The Morgan fingerprint density at radius 2 is 2.13 bits per heavy atom. The smallest absolute Gasteiger partial charge is 0.165 e. The van der Waals surface area contributed by atoms with Crippen LogP contribution >= 0.6 is 0 Å².